The smallest absolute Gasteiger partial charge is 0.331 e. The molecule has 1 aliphatic carbocycles. The Kier molecular flexibility index (Phi) is 1.99. The summed E-state index contributed by atoms with van der Waals surface area (Å²) in [4.78, 5) is 18.8. The number of nitrogens with zero attached hydrogens (tertiary/aromatic N) is 2. The van der Waals surface area contributed by atoms with Crippen LogP contribution in [0, 0.1) is 0 Å². The van der Waals surface area contributed by atoms with Crippen LogP contribution in [0.15, 0.2) is 9.98 Å². The normalized spacial score (nSPS) is 26.9. The highest BCUT2D eigenvalue weighted by atomic mass is 32.2. The molecule has 0 aromatic rings. The highest BCUT2D eigenvalue weighted by Gasteiger charge is 2.51. The molecule has 0 radical (unpaired) electrons. The van der Waals surface area contributed by atoms with E-state index in [0.717, 1.165) is 0 Å². The minimum atomic E-state index is -0.873. The topological polar surface area (TPSA) is 74.0 Å². The van der Waals surface area contributed by atoms with Gasteiger partial charge >= 0.3 is 5.97 Å². The standard InChI is InChI=1S/C7H9N3O2S/c11-5(12)7(1-2-7)10-6-8-3-13-4-9-6/h3H,1-2,4H2,(H,9,10)(H,11,12). The van der Waals surface area contributed by atoms with Crippen LogP contribution >= 0.6 is 11.8 Å². The molecule has 2 N–H and O–H groups in total. The number of thioether (sulfide) groups is 1. The lowest BCUT2D eigenvalue weighted by atomic mass is 10.3. The van der Waals surface area contributed by atoms with Crippen LogP contribution in [0.5, 0.6) is 0 Å². The first-order chi connectivity index (χ1) is 6.23. The highest BCUT2D eigenvalue weighted by Crippen LogP contribution is 2.40. The summed E-state index contributed by atoms with van der Waals surface area (Å²) in [6.45, 7) is 0. The predicted molar refractivity (Wildman–Crippen MR) is 51.1 cm³/mol. The maximum absolute atomic E-state index is 10.8. The minimum absolute atomic E-state index is 0.443. The molecule has 1 fully saturated rings. The summed E-state index contributed by atoms with van der Waals surface area (Å²) in [5.41, 5.74) is 0.801. The summed E-state index contributed by atoms with van der Waals surface area (Å²) in [5, 5.41) is 11.8. The highest BCUT2D eigenvalue weighted by molar-refractivity contribution is 8.12. The van der Waals surface area contributed by atoms with Crippen LogP contribution in [0.2, 0.25) is 0 Å². The zero-order chi connectivity index (χ0) is 9.31. The summed E-state index contributed by atoms with van der Waals surface area (Å²) in [7, 11) is 0. The van der Waals surface area contributed by atoms with Crippen molar-refractivity contribution in [3.05, 3.63) is 0 Å². The summed E-state index contributed by atoms with van der Waals surface area (Å²) in [6.07, 6.45) is 1.24. The van der Waals surface area contributed by atoms with Crippen molar-refractivity contribution in [3.8, 4) is 0 Å². The first kappa shape index (κ1) is 8.55. The molecule has 1 saturated carbocycles. The van der Waals surface area contributed by atoms with Crippen LogP contribution < -0.4 is 5.32 Å². The number of aliphatic imine (C=N–C) groups is 2. The molecule has 0 amide bonds. The quantitative estimate of drug-likeness (QED) is 0.670. The lowest BCUT2D eigenvalue weighted by Gasteiger charge is -2.10. The Balaban J connectivity index is 2.14. The van der Waals surface area contributed by atoms with Gasteiger partial charge in [0.15, 0.2) is 5.54 Å². The van der Waals surface area contributed by atoms with Gasteiger partial charge in [0.2, 0.25) is 5.96 Å². The van der Waals surface area contributed by atoms with E-state index in [4.69, 9.17) is 5.11 Å². The van der Waals surface area contributed by atoms with E-state index in [1.54, 1.807) is 5.55 Å². The summed E-state index contributed by atoms with van der Waals surface area (Å²) >= 11 is 1.52. The fourth-order valence-electron chi connectivity index (χ4n) is 1.04. The lowest BCUT2D eigenvalue weighted by Crippen LogP contribution is -2.29. The van der Waals surface area contributed by atoms with Gasteiger partial charge in [-0.05, 0) is 12.8 Å². The van der Waals surface area contributed by atoms with Crippen molar-refractivity contribution in [1.82, 2.24) is 5.32 Å². The predicted octanol–water partition coefficient (Wildman–Crippen LogP) is 0.282. The molecule has 6 heteroatoms. The van der Waals surface area contributed by atoms with Crippen LogP contribution in [0.1, 0.15) is 12.8 Å². The molecule has 1 aliphatic heterocycles. The molecular weight excluding hydrogens is 190 g/mol. The third kappa shape index (κ3) is 1.67. The van der Waals surface area contributed by atoms with E-state index in [2.05, 4.69) is 15.3 Å². The van der Waals surface area contributed by atoms with Crippen molar-refractivity contribution in [1.29, 1.82) is 0 Å². The second-order valence-corrected chi connectivity index (χ2v) is 3.83. The first-order valence-electron chi connectivity index (χ1n) is 3.94. The minimum Gasteiger partial charge on any atom is -0.479 e. The summed E-state index contributed by atoms with van der Waals surface area (Å²) < 4.78 is 0. The fraction of sp³-hybridized carbons (Fsp3) is 0.571. The molecule has 2 aliphatic rings. The molecule has 0 spiro atoms. The number of rotatable bonds is 2. The number of nitrogens with one attached hydrogen (secondary N) is 1. The number of hydrogen-bond acceptors (Lipinski definition) is 3. The molecule has 2 rings (SSSR count). The van der Waals surface area contributed by atoms with Gasteiger partial charge in [-0.15, -0.1) is 0 Å². The SMILES string of the molecule is O=C(O)C1(N=C2N=CSCN2)CC1. The molecule has 0 unspecified atom stereocenters. The van der Waals surface area contributed by atoms with E-state index >= 15 is 0 Å². The summed E-state index contributed by atoms with van der Waals surface area (Å²) in [6, 6.07) is 0. The summed E-state index contributed by atoms with van der Waals surface area (Å²) in [5.74, 6) is 0.298. The van der Waals surface area contributed by atoms with Gasteiger partial charge in [0.1, 0.15) is 0 Å². The van der Waals surface area contributed by atoms with E-state index in [-0.39, 0.29) is 0 Å². The molecule has 0 aromatic carbocycles. The Bertz CT molecular complexity index is 296. The maximum Gasteiger partial charge on any atom is 0.331 e. The van der Waals surface area contributed by atoms with Crippen LogP contribution in [-0.2, 0) is 4.79 Å². The third-order valence-corrected chi connectivity index (χ3v) is 2.57. The monoisotopic (exact) mass is 199 g/mol. The second kappa shape index (κ2) is 3.02. The van der Waals surface area contributed by atoms with Crippen molar-refractivity contribution >= 4 is 29.2 Å². The molecular formula is C7H9N3O2S. The van der Waals surface area contributed by atoms with E-state index in [1.165, 1.54) is 11.8 Å². The first-order valence-corrected chi connectivity index (χ1v) is 4.99. The van der Waals surface area contributed by atoms with Gasteiger partial charge in [0.25, 0.3) is 0 Å². The Morgan fingerprint density at radius 2 is 2.54 bits per heavy atom. The molecule has 0 saturated heterocycles. The van der Waals surface area contributed by atoms with Crippen LogP contribution in [0.25, 0.3) is 0 Å². The number of carboxylic acids is 1. The van der Waals surface area contributed by atoms with E-state index < -0.39 is 11.5 Å². The average molecular weight is 199 g/mol. The number of aliphatic carboxylic acids is 1. The van der Waals surface area contributed by atoms with Gasteiger partial charge in [0, 0.05) is 0 Å². The van der Waals surface area contributed by atoms with Crippen molar-refractivity contribution in [2.45, 2.75) is 18.4 Å². The van der Waals surface area contributed by atoms with Crippen molar-refractivity contribution in [3.63, 3.8) is 0 Å². The lowest BCUT2D eigenvalue weighted by molar-refractivity contribution is -0.139. The Hall–Kier alpha value is -1.04. The number of guanidine groups is 1. The zero-order valence-corrected chi connectivity index (χ0v) is 7.67. The third-order valence-electron chi connectivity index (χ3n) is 2.00. The Labute approximate surface area is 79.3 Å². The molecule has 0 bridgehead atoms. The van der Waals surface area contributed by atoms with Crippen LogP contribution in [0.3, 0.4) is 0 Å². The van der Waals surface area contributed by atoms with Crippen LogP contribution in [0.4, 0.5) is 0 Å². The van der Waals surface area contributed by atoms with Gasteiger partial charge in [-0.3, -0.25) is 0 Å². The second-order valence-electron chi connectivity index (χ2n) is 2.99. The van der Waals surface area contributed by atoms with E-state index in [0.29, 0.717) is 24.7 Å². The van der Waals surface area contributed by atoms with Gasteiger partial charge in [-0.2, -0.15) is 0 Å². The van der Waals surface area contributed by atoms with Gasteiger partial charge < -0.3 is 10.4 Å². The van der Waals surface area contributed by atoms with Crippen molar-refractivity contribution in [2.75, 3.05) is 5.88 Å². The Morgan fingerprint density at radius 1 is 1.77 bits per heavy atom. The van der Waals surface area contributed by atoms with E-state index in [1.807, 2.05) is 0 Å². The average Bonchev–Trinajstić information content (AvgIpc) is 2.87. The molecule has 0 aromatic heterocycles. The molecule has 0 atom stereocenters. The van der Waals surface area contributed by atoms with Gasteiger partial charge in [-0.1, -0.05) is 11.8 Å². The van der Waals surface area contributed by atoms with E-state index in [9.17, 15) is 4.79 Å². The van der Waals surface area contributed by atoms with Gasteiger partial charge in [0.05, 0.1) is 11.4 Å². The van der Waals surface area contributed by atoms with Crippen LogP contribution in [-0.4, -0.2) is 34.0 Å². The largest absolute Gasteiger partial charge is 0.479 e. The molecule has 1 heterocycles. The number of carbonyl (C=O) groups is 1. The van der Waals surface area contributed by atoms with Crippen molar-refractivity contribution < 1.29 is 9.90 Å². The van der Waals surface area contributed by atoms with Crippen molar-refractivity contribution in [2.24, 2.45) is 9.98 Å². The number of carboxylic acid groups (broad SMARTS) is 1. The molecule has 13 heavy (non-hydrogen) atoms. The molecule has 5 nitrogen and oxygen atoms in total. The Morgan fingerprint density at radius 3 is 3.00 bits per heavy atom. The van der Waals surface area contributed by atoms with Gasteiger partial charge in [-0.25, -0.2) is 14.8 Å². The maximum atomic E-state index is 10.8. The number of hydrogen-bond donors (Lipinski definition) is 2. The molecule has 70 valence electrons. The fourth-order valence-corrected chi connectivity index (χ4v) is 1.50. The zero-order valence-electron chi connectivity index (χ0n) is 6.86.